The van der Waals surface area contributed by atoms with Crippen LogP contribution in [-0.2, 0) is 25.0 Å². The van der Waals surface area contributed by atoms with Crippen molar-refractivity contribution in [2.75, 3.05) is 5.73 Å². The lowest BCUT2D eigenvalue weighted by molar-refractivity contribution is -0.384. The van der Waals surface area contributed by atoms with Gasteiger partial charge < -0.3 is 5.73 Å². The maximum atomic E-state index is 10.7. The molecule has 0 aliphatic carbocycles. The number of nitro groups is 3. The number of nitrogen functional groups attached to an aromatic ring is 1. The van der Waals surface area contributed by atoms with Crippen LogP contribution in [0.15, 0.2) is 219 Å². The molecule has 0 radical (unpaired) electrons. The van der Waals surface area contributed by atoms with E-state index in [0.717, 1.165) is 72.3 Å². The van der Waals surface area contributed by atoms with Gasteiger partial charge in [-0.15, -0.1) is 0 Å². The highest BCUT2D eigenvalue weighted by atomic mass is 79.9. The molecule has 12 rings (SSSR count). The number of halogens is 1. The summed E-state index contributed by atoms with van der Waals surface area (Å²) in [4.78, 5) is 30.6. The molecule has 4 heterocycles. The van der Waals surface area contributed by atoms with E-state index in [1.807, 2.05) is 137 Å². The molecule has 18 nitrogen and oxygen atoms in total. The Kier molecular flexibility index (Phi) is 18.6. The van der Waals surface area contributed by atoms with E-state index in [2.05, 4.69) is 65.7 Å². The number of hydrogen-bond donors (Lipinski definition) is 2. The number of nitrogens with two attached hydrogens (primary N) is 1. The van der Waals surface area contributed by atoms with Crippen LogP contribution in [-0.4, -0.2) is 54.3 Å². The van der Waals surface area contributed by atoms with Gasteiger partial charge in [-0.25, -0.2) is 0 Å². The second kappa shape index (κ2) is 26.2. The number of non-ortho nitro benzene ring substituents is 3. The van der Waals surface area contributed by atoms with Crippen molar-refractivity contribution in [2.45, 2.75) is 32.4 Å². The summed E-state index contributed by atoms with van der Waals surface area (Å²) in [6, 6.07) is 60.4. The minimum absolute atomic E-state index is 0. The number of fused-ring (bicyclic) bond motifs is 4. The Hall–Kier alpha value is -9.88. The molecule has 0 saturated carbocycles. The molecule has 0 amide bonds. The van der Waals surface area contributed by atoms with Gasteiger partial charge in [0.15, 0.2) is 0 Å². The lowest BCUT2D eigenvalue weighted by Crippen LogP contribution is -2.00. The first-order valence-electron chi connectivity index (χ1n) is 23.2. The second-order valence-electron chi connectivity index (χ2n) is 16.7. The van der Waals surface area contributed by atoms with E-state index in [-0.39, 0.29) is 25.9 Å². The number of rotatable bonds is 10. The summed E-state index contributed by atoms with van der Waals surface area (Å²) in [5.41, 5.74) is 15.2. The van der Waals surface area contributed by atoms with Crippen molar-refractivity contribution in [3.63, 3.8) is 0 Å². The summed E-state index contributed by atoms with van der Waals surface area (Å²) < 4.78 is 5.63. The number of aromatic amines is 1. The average Bonchev–Trinajstić information content (AvgIpc) is 4.27. The molecule has 0 aliphatic heterocycles. The topological polar surface area (TPSA) is 238 Å². The van der Waals surface area contributed by atoms with Gasteiger partial charge in [0.2, 0.25) is 0 Å². The fourth-order valence-electron chi connectivity index (χ4n) is 7.70. The van der Waals surface area contributed by atoms with Gasteiger partial charge in [0.05, 0.1) is 75.1 Å². The van der Waals surface area contributed by atoms with Crippen LogP contribution in [0, 0.1) is 30.3 Å². The van der Waals surface area contributed by atoms with Crippen LogP contribution in [0.4, 0.5) is 22.7 Å². The second-order valence-corrected chi connectivity index (χ2v) is 17.3. The zero-order valence-electron chi connectivity index (χ0n) is 40.0. The molecule has 3 N–H and O–H groups in total. The summed E-state index contributed by atoms with van der Waals surface area (Å²) in [5.74, 6) is 0. The number of aromatic nitrogens is 8. The number of alkyl halides is 1. The summed E-state index contributed by atoms with van der Waals surface area (Å²) in [6.45, 7) is 2.10. The van der Waals surface area contributed by atoms with Crippen LogP contribution >= 0.6 is 15.9 Å². The molecular weight excluding hydrogens is 1030 g/mol. The Morgan fingerprint density at radius 2 is 0.934 bits per heavy atom. The zero-order chi connectivity index (χ0) is 52.5. The Labute approximate surface area is 445 Å². The van der Waals surface area contributed by atoms with Crippen molar-refractivity contribution in [1.29, 1.82) is 0 Å². The van der Waals surface area contributed by atoms with Crippen molar-refractivity contribution in [3.8, 4) is 0 Å². The molecule has 384 valence electrons. The van der Waals surface area contributed by atoms with Crippen LogP contribution in [0.25, 0.3) is 43.6 Å². The first-order valence-corrected chi connectivity index (χ1v) is 24.3. The van der Waals surface area contributed by atoms with E-state index >= 15 is 0 Å². The molecule has 19 heteroatoms. The first-order chi connectivity index (χ1) is 36.5. The molecule has 0 atom stereocenters. The third-order valence-corrected chi connectivity index (χ3v) is 12.1. The van der Waals surface area contributed by atoms with Gasteiger partial charge in [-0.2, -0.15) is 20.4 Å². The highest BCUT2D eigenvalue weighted by Gasteiger charge is 2.11. The monoisotopic (exact) mass is 1080 g/mol. The lowest BCUT2D eigenvalue weighted by Gasteiger charge is -2.03. The van der Waals surface area contributed by atoms with E-state index in [9.17, 15) is 30.3 Å². The van der Waals surface area contributed by atoms with Crippen LogP contribution in [0.1, 0.15) is 31.1 Å². The third-order valence-electron chi connectivity index (χ3n) is 11.4. The molecule has 8 aromatic carbocycles. The molecule has 0 spiro atoms. The number of benzene rings is 8. The van der Waals surface area contributed by atoms with Crippen LogP contribution in [0.3, 0.4) is 0 Å². The smallest absolute Gasteiger partial charge is 0.270 e. The maximum Gasteiger partial charge on any atom is 0.270 e. The minimum Gasteiger partial charge on any atom is -0.399 e. The van der Waals surface area contributed by atoms with Crippen LogP contribution in [0.2, 0.25) is 0 Å². The van der Waals surface area contributed by atoms with Gasteiger partial charge in [-0.1, -0.05) is 145 Å². The van der Waals surface area contributed by atoms with Crippen LogP contribution in [0.5, 0.6) is 0 Å². The quantitative estimate of drug-likeness (QED) is 0.0565. The summed E-state index contributed by atoms with van der Waals surface area (Å²) in [6.07, 6.45) is 6.90. The number of nitrogens with one attached hydrogen (secondary N) is 1. The van der Waals surface area contributed by atoms with E-state index in [1.165, 1.54) is 35.4 Å². The minimum atomic E-state index is -0.424. The molecule has 12 aromatic rings. The predicted octanol–water partition coefficient (Wildman–Crippen LogP) is 13.6. The Morgan fingerprint density at radius 1 is 0.500 bits per heavy atom. The van der Waals surface area contributed by atoms with Gasteiger partial charge in [0.25, 0.3) is 17.1 Å². The number of nitro benzene ring substituents is 3. The van der Waals surface area contributed by atoms with Crippen molar-refractivity contribution < 1.29 is 16.2 Å². The molecule has 4 aromatic heterocycles. The summed E-state index contributed by atoms with van der Waals surface area (Å²) >= 11 is 3.36. The Bertz CT molecular complexity index is 3800. The van der Waals surface area contributed by atoms with Crippen molar-refractivity contribution in [3.05, 3.63) is 272 Å². The number of nitrogens with zero attached hydrogens (tertiary/aromatic N) is 10. The summed E-state index contributed by atoms with van der Waals surface area (Å²) in [7, 11) is 0. The standard InChI is InChI=1S/2C14H11N3O2.C14H13N3.C7H7Br.C7H5N3O2.CH4.H2/c18-17(19)13-6-7-14-12(8-13)9-15-16(14)10-11-4-2-1-3-5-11;18-17(19)13-6-7-14-12(8-13)10-16(15-14)9-11-4-2-1-3-5-11;15-13-6-7-14-12(8-13)9-16-17(14)10-11-4-2-1-3-5-11;8-6-7-4-2-1-3-5-7;11-10(12)6-1-2-7-5(3-6)4-8-9-7;;/h1-9H,10H2;1-8,10H,9H2;1-9H,10,15H2;1-5H,6H2;1-4H,(H,8,9);1H4;1H. The molecule has 0 aliphatic rings. The normalized spacial score (nSPS) is 10.4. The van der Waals surface area contributed by atoms with E-state index < -0.39 is 14.8 Å². The first kappa shape index (κ1) is 53.9. The third kappa shape index (κ3) is 14.6. The van der Waals surface area contributed by atoms with Crippen molar-refractivity contribution >= 4 is 82.3 Å². The molecular formula is C57H53BrN12O6. The highest BCUT2D eigenvalue weighted by Crippen LogP contribution is 2.23. The predicted molar refractivity (Wildman–Crippen MR) is 304 cm³/mol. The highest BCUT2D eigenvalue weighted by molar-refractivity contribution is 9.08. The molecule has 0 saturated heterocycles. The zero-order valence-corrected chi connectivity index (χ0v) is 41.6. The number of hydrogen-bond acceptors (Lipinski definition) is 11. The Balaban J connectivity index is 0.000000159. The van der Waals surface area contributed by atoms with Gasteiger partial charge in [-0.05, 0) is 58.7 Å². The van der Waals surface area contributed by atoms with Gasteiger partial charge >= 0.3 is 0 Å². The van der Waals surface area contributed by atoms with Gasteiger partial charge in [0.1, 0.15) is 0 Å². The largest absolute Gasteiger partial charge is 0.399 e. The van der Waals surface area contributed by atoms with E-state index in [4.69, 9.17) is 5.73 Å². The molecule has 0 fully saturated rings. The molecule has 0 unspecified atom stereocenters. The fourth-order valence-corrected chi connectivity index (χ4v) is 8.07. The van der Waals surface area contributed by atoms with Gasteiger partial charge in [0, 0.05) is 76.6 Å². The molecule has 76 heavy (non-hydrogen) atoms. The lowest BCUT2D eigenvalue weighted by atomic mass is 10.2. The SMILES string of the molecule is BrCc1ccccc1.C.Nc1ccc2c(cnn2Cc2ccccc2)c1.O=[N+]([O-])c1ccc2[nH]ncc2c1.O=[N+]([O-])c1ccc2c(cnn2Cc2ccccc2)c1.O=[N+]([O-])c1ccc2nn(Cc3ccccc3)cc2c1.[HH]. The van der Waals surface area contributed by atoms with E-state index in [1.54, 1.807) is 47.4 Å². The molecule has 0 bridgehead atoms. The van der Waals surface area contributed by atoms with Crippen molar-refractivity contribution in [2.24, 2.45) is 0 Å². The maximum absolute atomic E-state index is 10.7. The van der Waals surface area contributed by atoms with Gasteiger partial charge in [-0.3, -0.25) is 49.5 Å². The van der Waals surface area contributed by atoms with Crippen molar-refractivity contribution in [1.82, 2.24) is 39.5 Å². The fraction of sp³-hybridized carbons (Fsp3) is 0.0877. The summed E-state index contributed by atoms with van der Waals surface area (Å²) in [5, 5.41) is 55.7. The number of anilines is 1. The Morgan fingerprint density at radius 3 is 1.43 bits per heavy atom. The number of H-pyrrole nitrogens is 1. The van der Waals surface area contributed by atoms with Crippen LogP contribution < -0.4 is 5.73 Å². The average molecular weight is 1080 g/mol. The van der Waals surface area contributed by atoms with E-state index in [0.29, 0.717) is 13.1 Å².